The monoisotopic (exact) mass is 425 g/mol. The number of ketones is 1. The number of para-hydroxylation sites is 1. The van der Waals surface area contributed by atoms with Crippen LogP contribution in [0.15, 0.2) is 84.7 Å². The second-order valence-electron chi connectivity index (χ2n) is 7.37. The van der Waals surface area contributed by atoms with E-state index in [1.165, 1.54) is 4.90 Å². The highest BCUT2D eigenvalue weighted by molar-refractivity contribution is 6.51. The van der Waals surface area contributed by atoms with Gasteiger partial charge in [-0.15, -0.1) is 0 Å². The van der Waals surface area contributed by atoms with Gasteiger partial charge in [-0.05, 0) is 42.5 Å². The largest absolute Gasteiger partial charge is 0.507 e. The van der Waals surface area contributed by atoms with Crippen LogP contribution in [-0.4, -0.2) is 33.9 Å². The average Bonchev–Trinajstić information content (AvgIpc) is 3.38. The van der Waals surface area contributed by atoms with Crippen molar-refractivity contribution in [3.8, 4) is 5.75 Å². The minimum atomic E-state index is -0.877. The van der Waals surface area contributed by atoms with Crippen LogP contribution in [0.1, 0.15) is 17.3 Å². The first kappa shape index (κ1) is 19.6. The number of methoxy groups -OCH3 is 1. The van der Waals surface area contributed by atoms with Crippen LogP contribution in [0, 0.1) is 0 Å². The summed E-state index contributed by atoms with van der Waals surface area (Å²) in [4.78, 5) is 35.2. The zero-order valence-corrected chi connectivity index (χ0v) is 17.1. The zero-order chi connectivity index (χ0) is 22.2. The number of benzene rings is 2. The van der Waals surface area contributed by atoms with Gasteiger partial charge in [0.2, 0.25) is 0 Å². The highest BCUT2D eigenvalue weighted by atomic mass is 16.5. The predicted molar refractivity (Wildman–Crippen MR) is 120 cm³/mol. The minimum Gasteiger partial charge on any atom is -0.507 e. The summed E-state index contributed by atoms with van der Waals surface area (Å²) in [6.07, 6.45) is 3.23. The molecule has 1 aliphatic rings. The van der Waals surface area contributed by atoms with Gasteiger partial charge < -0.3 is 14.8 Å². The Balaban J connectivity index is 1.73. The average molecular weight is 425 g/mol. The van der Waals surface area contributed by atoms with E-state index in [-0.39, 0.29) is 11.3 Å². The van der Waals surface area contributed by atoms with Gasteiger partial charge in [0.1, 0.15) is 17.6 Å². The van der Waals surface area contributed by atoms with Gasteiger partial charge in [-0.3, -0.25) is 19.5 Å². The number of anilines is 1. The van der Waals surface area contributed by atoms with Crippen molar-refractivity contribution in [2.75, 3.05) is 12.0 Å². The van der Waals surface area contributed by atoms with Crippen LogP contribution in [0.25, 0.3) is 16.7 Å². The fourth-order valence-electron chi connectivity index (χ4n) is 4.07. The van der Waals surface area contributed by atoms with E-state index in [1.807, 2.05) is 24.3 Å². The summed E-state index contributed by atoms with van der Waals surface area (Å²) in [5.74, 6) is -1.11. The van der Waals surface area contributed by atoms with Crippen LogP contribution in [0.2, 0.25) is 0 Å². The Kier molecular flexibility index (Phi) is 4.71. The highest BCUT2D eigenvalue weighted by Crippen LogP contribution is 2.42. The smallest absolute Gasteiger partial charge is 0.300 e. The molecule has 1 amide bonds. The Hall–Kier alpha value is -4.39. The molecule has 0 bridgehead atoms. The third-order valence-electron chi connectivity index (χ3n) is 5.61. The summed E-state index contributed by atoms with van der Waals surface area (Å²) in [6.45, 7) is 0. The molecule has 1 saturated heterocycles. The molecule has 0 spiro atoms. The number of rotatable bonds is 4. The number of nitrogens with zero attached hydrogens (tertiary/aromatic N) is 2. The van der Waals surface area contributed by atoms with Gasteiger partial charge in [0.15, 0.2) is 0 Å². The van der Waals surface area contributed by atoms with Crippen molar-refractivity contribution in [1.29, 1.82) is 0 Å². The fourth-order valence-corrected chi connectivity index (χ4v) is 4.07. The van der Waals surface area contributed by atoms with E-state index in [1.54, 1.807) is 62.0 Å². The molecular weight excluding hydrogens is 406 g/mol. The van der Waals surface area contributed by atoms with Crippen molar-refractivity contribution in [2.24, 2.45) is 0 Å². The maximum atomic E-state index is 13.2. The normalized spacial score (nSPS) is 17.8. The molecule has 1 unspecified atom stereocenters. The summed E-state index contributed by atoms with van der Waals surface area (Å²) in [6, 6.07) is 18.6. The molecule has 2 aromatic carbocycles. The number of fused-ring (bicyclic) bond motifs is 1. The number of nitrogens with one attached hydrogen (secondary N) is 1. The Morgan fingerprint density at radius 1 is 1.03 bits per heavy atom. The lowest BCUT2D eigenvalue weighted by atomic mass is 9.98. The number of aromatic amines is 1. The molecule has 2 N–H and O–H groups in total. The lowest BCUT2D eigenvalue weighted by Gasteiger charge is -2.24. The van der Waals surface area contributed by atoms with Gasteiger partial charge in [0.05, 0.1) is 18.4 Å². The Bertz CT molecular complexity index is 1360. The quantitative estimate of drug-likeness (QED) is 0.290. The number of pyridine rings is 1. The molecule has 1 fully saturated rings. The van der Waals surface area contributed by atoms with E-state index in [2.05, 4.69) is 9.97 Å². The molecule has 7 nitrogen and oxygen atoms in total. The number of Topliss-reactive ketones (excluding diaryl/α,β-unsaturated/α-hetero) is 1. The molecule has 1 aliphatic heterocycles. The first-order valence-electron chi connectivity index (χ1n) is 10.0. The topological polar surface area (TPSA) is 95.5 Å². The van der Waals surface area contributed by atoms with Crippen molar-refractivity contribution < 1.29 is 19.4 Å². The Morgan fingerprint density at radius 3 is 2.50 bits per heavy atom. The fraction of sp³-hybridized carbons (Fsp3) is 0.0800. The van der Waals surface area contributed by atoms with Crippen molar-refractivity contribution in [2.45, 2.75) is 6.04 Å². The Morgan fingerprint density at radius 2 is 1.78 bits per heavy atom. The van der Waals surface area contributed by atoms with Gasteiger partial charge in [0.25, 0.3) is 11.7 Å². The molecule has 0 aliphatic carbocycles. The molecule has 3 heterocycles. The molecule has 5 rings (SSSR count). The standard InChI is InChI=1S/C25H19N3O4/c1-32-16-11-9-15(10-12-16)28-22(20-8-4-5-13-26-20)21(24(30)25(28)31)23(29)18-14-27-19-7-3-2-6-17(18)19/h2-14,22,27,29H,1H3/b23-21-. The maximum absolute atomic E-state index is 13.2. The van der Waals surface area contributed by atoms with E-state index in [4.69, 9.17) is 4.74 Å². The van der Waals surface area contributed by atoms with Crippen molar-refractivity contribution in [3.63, 3.8) is 0 Å². The van der Waals surface area contributed by atoms with Crippen molar-refractivity contribution in [1.82, 2.24) is 9.97 Å². The highest BCUT2D eigenvalue weighted by Gasteiger charge is 2.47. The molecular formula is C25H19N3O4. The van der Waals surface area contributed by atoms with Gasteiger partial charge >= 0.3 is 0 Å². The number of ether oxygens (including phenoxy) is 1. The third-order valence-corrected chi connectivity index (χ3v) is 5.61. The molecule has 0 saturated carbocycles. The summed E-state index contributed by atoms with van der Waals surface area (Å²) >= 11 is 0. The first-order chi connectivity index (χ1) is 15.6. The number of carbonyl (C=O) groups excluding carboxylic acids is 2. The molecule has 32 heavy (non-hydrogen) atoms. The van der Waals surface area contributed by atoms with E-state index in [0.717, 1.165) is 10.9 Å². The van der Waals surface area contributed by atoms with Crippen molar-refractivity contribution in [3.05, 3.63) is 96.0 Å². The van der Waals surface area contributed by atoms with Gasteiger partial charge in [-0.1, -0.05) is 24.3 Å². The number of carbonyl (C=O) groups is 2. The van der Waals surface area contributed by atoms with E-state index < -0.39 is 17.7 Å². The lowest BCUT2D eigenvalue weighted by Crippen LogP contribution is -2.29. The predicted octanol–water partition coefficient (Wildman–Crippen LogP) is 4.20. The van der Waals surface area contributed by atoms with E-state index in [0.29, 0.717) is 22.7 Å². The minimum absolute atomic E-state index is 0.00530. The van der Waals surface area contributed by atoms with Crippen molar-refractivity contribution >= 4 is 34.0 Å². The van der Waals surface area contributed by atoms with Crippen LogP contribution in [0.3, 0.4) is 0 Å². The SMILES string of the molecule is COc1ccc(N2C(=O)C(=O)/C(=C(\O)c3c[nH]c4ccccc34)C2c2ccccn2)cc1. The maximum Gasteiger partial charge on any atom is 0.300 e. The summed E-state index contributed by atoms with van der Waals surface area (Å²) in [7, 11) is 1.55. The van der Waals surface area contributed by atoms with Gasteiger partial charge in [0, 0.05) is 34.5 Å². The number of H-pyrrole nitrogens is 1. The van der Waals surface area contributed by atoms with Crippen LogP contribution in [0.5, 0.6) is 5.75 Å². The molecule has 0 radical (unpaired) electrons. The summed E-state index contributed by atoms with van der Waals surface area (Å²) < 4.78 is 5.20. The second kappa shape index (κ2) is 7.70. The van der Waals surface area contributed by atoms with Crippen LogP contribution in [0.4, 0.5) is 5.69 Å². The number of amides is 1. The summed E-state index contributed by atoms with van der Waals surface area (Å²) in [5, 5.41) is 12.0. The van der Waals surface area contributed by atoms with Gasteiger partial charge in [-0.25, -0.2) is 0 Å². The summed E-state index contributed by atoms with van der Waals surface area (Å²) in [5.41, 5.74) is 2.24. The van der Waals surface area contributed by atoms with E-state index >= 15 is 0 Å². The third kappa shape index (κ3) is 3.02. The van der Waals surface area contributed by atoms with E-state index in [9.17, 15) is 14.7 Å². The second-order valence-corrected chi connectivity index (χ2v) is 7.37. The number of aliphatic hydroxyl groups is 1. The zero-order valence-electron chi connectivity index (χ0n) is 17.1. The molecule has 7 heteroatoms. The number of aliphatic hydroxyl groups excluding tert-OH is 1. The Labute approximate surface area is 183 Å². The van der Waals surface area contributed by atoms with Gasteiger partial charge in [-0.2, -0.15) is 0 Å². The molecule has 2 aromatic heterocycles. The molecule has 4 aromatic rings. The molecule has 158 valence electrons. The number of hydrogen-bond donors (Lipinski definition) is 2. The molecule has 1 atom stereocenters. The van der Waals surface area contributed by atoms with Crippen LogP contribution < -0.4 is 9.64 Å². The van der Waals surface area contributed by atoms with Crippen LogP contribution in [-0.2, 0) is 9.59 Å². The van der Waals surface area contributed by atoms with Crippen LogP contribution >= 0.6 is 0 Å². The number of aromatic nitrogens is 2. The lowest BCUT2D eigenvalue weighted by molar-refractivity contribution is -0.132. The first-order valence-corrected chi connectivity index (χ1v) is 10.0. The number of hydrogen-bond acceptors (Lipinski definition) is 5.